The first-order valence-electron chi connectivity index (χ1n) is 3.55. The van der Waals surface area contributed by atoms with E-state index in [4.69, 9.17) is 13.3 Å². The summed E-state index contributed by atoms with van der Waals surface area (Å²) in [7, 11) is 0.783. The van der Waals surface area contributed by atoms with Crippen LogP contribution in [0, 0.1) is 0 Å². The molecule has 0 aliphatic carbocycles. The van der Waals surface area contributed by atoms with Crippen molar-refractivity contribution >= 4 is 8.80 Å². The summed E-state index contributed by atoms with van der Waals surface area (Å²) in [6, 6.07) is 0. The molecule has 0 atom stereocenters. The lowest BCUT2D eigenvalue weighted by atomic mass is 10.4. The summed E-state index contributed by atoms with van der Waals surface area (Å²) in [5, 5.41) is 0. The minimum atomic E-state index is -2.38. The van der Waals surface area contributed by atoms with Crippen molar-refractivity contribution < 1.29 is 13.3 Å². The summed E-state index contributed by atoms with van der Waals surface area (Å²) >= 11 is 0. The highest BCUT2D eigenvalue weighted by molar-refractivity contribution is 6.59. The molecule has 11 heavy (non-hydrogen) atoms. The molecule has 0 aliphatic rings. The van der Waals surface area contributed by atoms with Gasteiger partial charge in [-0.3, -0.25) is 0 Å². The molecule has 0 spiro atoms. The lowest BCUT2D eigenvalue weighted by Gasteiger charge is -2.23. The third kappa shape index (κ3) is 3.55. The van der Waals surface area contributed by atoms with Gasteiger partial charge in [0.25, 0.3) is 0 Å². The maximum Gasteiger partial charge on any atom is 0.561 e. The second-order valence-corrected chi connectivity index (χ2v) is 5.01. The van der Waals surface area contributed by atoms with Crippen LogP contribution in [0.2, 0.25) is 6.55 Å². The van der Waals surface area contributed by atoms with Crippen LogP contribution in [-0.4, -0.2) is 23.0 Å². The van der Waals surface area contributed by atoms with Crippen LogP contribution in [0.5, 0.6) is 0 Å². The molecule has 0 aromatic carbocycles. The van der Waals surface area contributed by atoms with Crippen LogP contribution in [0.1, 0.15) is 13.3 Å². The highest BCUT2D eigenvalue weighted by Crippen LogP contribution is 2.12. The van der Waals surface area contributed by atoms with Gasteiger partial charge in [-0.25, -0.2) is 0 Å². The number of rotatable bonds is 5. The van der Waals surface area contributed by atoms with Gasteiger partial charge in [-0.05, 0) is 0 Å². The molecule has 0 saturated heterocycles. The Balaban J connectivity index is 3.96. The van der Waals surface area contributed by atoms with Gasteiger partial charge in [0.2, 0.25) is 0 Å². The zero-order valence-electron chi connectivity index (χ0n) is 7.64. The largest absolute Gasteiger partial charge is 0.561 e. The summed E-state index contributed by atoms with van der Waals surface area (Å²) in [4.78, 5) is 0. The average Bonchev–Trinajstić information content (AvgIpc) is 2.04. The summed E-state index contributed by atoms with van der Waals surface area (Å²) in [5.41, 5.74) is 0. The summed E-state index contributed by atoms with van der Waals surface area (Å²) in [5.74, 6) is 0.711. The molecule has 0 aromatic heterocycles. The average molecular weight is 176 g/mol. The number of allylic oxidation sites excluding steroid dienone is 1. The molecule has 0 heterocycles. The van der Waals surface area contributed by atoms with Crippen molar-refractivity contribution in [3.63, 3.8) is 0 Å². The molecule has 0 bridgehead atoms. The van der Waals surface area contributed by atoms with E-state index in [1.54, 1.807) is 14.2 Å². The van der Waals surface area contributed by atoms with Crippen molar-refractivity contribution in [3.8, 4) is 0 Å². The van der Waals surface area contributed by atoms with Crippen LogP contribution in [0.15, 0.2) is 12.3 Å². The van der Waals surface area contributed by atoms with Crippen molar-refractivity contribution in [2.24, 2.45) is 0 Å². The van der Waals surface area contributed by atoms with Crippen molar-refractivity contribution in [1.82, 2.24) is 0 Å². The van der Waals surface area contributed by atoms with Crippen molar-refractivity contribution in [2.45, 2.75) is 19.9 Å². The molecule has 0 fully saturated rings. The van der Waals surface area contributed by atoms with Gasteiger partial charge in [0.1, 0.15) is 0 Å². The molecule has 0 aromatic rings. The lowest BCUT2D eigenvalue weighted by Crippen LogP contribution is -2.39. The van der Waals surface area contributed by atoms with Gasteiger partial charge in [-0.15, -0.1) is 0 Å². The first-order chi connectivity index (χ1) is 5.08. The van der Waals surface area contributed by atoms with E-state index in [0.29, 0.717) is 5.76 Å². The van der Waals surface area contributed by atoms with Crippen molar-refractivity contribution in [3.05, 3.63) is 12.3 Å². The maximum atomic E-state index is 5.39. The number of hydrogen-bond donors (Lipinski definition) is 0. The molecular formula is C7H16O3Si. The Bertz CT molecular complexity index is 132. The van der Waals surface area contributed by atoms with Gasteiger partial charge in [0, 0.05) is 27.2 Å². The highest BCUT2D eigenvalue weighted by atomic mass is 28.4. The normalized spacial score (nSPS) is 11.3. The highest BCUT2D eigenvalue weighted by Gasteiger charge is 2.34. The Kier molecular flexibility index (Phi) is 4.40. The third-order valence-electron chi connectivity index (χ3n) is 1.47. The molecule has 0 N–H and O–H groups in total. The standard InChI is InChI=1S/C7H16O3Si/c1-6-7(2)10-11(5,8-3)9-4/h2,6H2,1,3-5H3. The molecule has 0 unspecified atom stereocenters. The predicted octanol–water partition coefficient (Wildman–Crippen LogP) is 1.79. The topological polar surface area (TPSA) is 27.7 Å². The Labute approximate surface area is 69.3 Å². The zero-order valence-corrected chi connectivity index (χ0v) is 8.64. The van der Waals surface area contributed by atoms with E-state index in [1.807, 2.05) is 13.5 Å². The molecule has 0 amide bonds. The van der Waals surface area contributed by atoms with E-state index < -0.39 is 8.80 Å². The van der Waals surface area contributed by atoms with Crippen molar-refractivity contribution in [1.29, 1.82) is 0 Å². The first-order valence-corrected chi connectivity index (χ1v) is 5.77. The quantitative estimate of drug-likeness (QED) is 0.472. The fourth-order valence-corrected chi connectivity index (χ4v) is 1.50. The third-order valence-corrected chi connectivity index (χ3v) is 3.61. The van der Waals surface area contributed by atoms with E-state index in [2.05, 4.69) is 6.58 Å². The Morgan fingerprint density at radius 1 is 1.36 bits per heavy atom. The minimum absolute atomic E-state index is 0.711. The van der Waals surface area contributed by atoms with Crippen LogP contribution < -0.4 is 0 Å². The molecule has 66 valence electrons. The van der Waals surface area contributed by atoms with Crippen LogP contribution in [0.3, 0.4) is 0 Å². The molecule has 0 radical (unpaired) electrons. The monoisotopic (exact) mass is 176 g/mol. The lowest BCUT2D eigenvalue weighted by molar-refractivity contribution is 0.135. The second kappa shape index (κ2) is 4.53. The molecule has 4 heteroatoms. The summed E-state index contributed by atoms with van der Waals surface area (Å²) in [6.07, 6.45) is 0.787. The van der Waals surface area contributed by atoms with E-state index in [1.165, 1.54) is 0 Å². The number of hydrogen-bond acceptors (Lipinski definition) is 3. The first kappa shape index (κ1) is 10.7. The maximum absolute atomic E-state index is 5.39. The molecule has 0 saturated carbocycles. The fourth-order valence-electron chi connectivity index (χ4n) is 0.501. The van der Waals surface area contributed by atoms with Crippen LogP contribution in [0.4, 0.5) is 0 Å². The van der Waals surface area contributed by atoms with E-state index in [9.17, 15) is 0 Å². The fraction of sp³-hybridized carbons (Fsp3) is 0.714. The Hall–Kier alpha value is -0.323. The predicted molar refractivity (Wildman–Crippen MR) is 46.2 cm³/mol. The van der Waals surface area contributed by atoms with E-state index in [-0.39, 0.29) is 0 Å². The molecular weight excluding hydrogens is 160 g/mol. The van der Waals surface area contributed by atoms with Gasteiger partial charge in [-0.2, -0.15) is 0 Å². The molecule has 0 aliphatic heterocycles. The summed E-state index contributed by atoms with van der Waals surface area (Å²) in [6.45, 7) is 7.51. The van der Waals surface area contributed by atoms with E-state index >= 15 is 0 Å². The minimum Gasteiger partial charge on any atom is -0.505 e. The zero-order chi connectivity index (χ0) is 8.91. The summed E-state index contributed by atoms with van der Waals surface area (Å²) < 4.78 is 15.6. The smallest absolute Gasteiger partial charge is 0.505 e. The van der Waals surface area contributed by atoms with Crippen LogP contribution in [-0.2, 0) is 13.3 Å². The van der Waals surface area contributed by atoms with Crippen LogP contribution >= 0.6 is 0 Å². The van der Waals surface area contributed by atoms with Gasteiger partial charge in [0.05, 0.1) is 5.76 Å². The van der Waals surface area contributed by atoms with Gasteiger partial charge in [-0.1, -0.05) is 13.5 Å². The molecule has 0 rings (SSSR count). The van der Waals surface area contributed by atoms with Crippen molar-refractivity contribution in [2.75, 3.05) is 14.2 Å². The van der Waals surface area contributed by atoms with Gasteiger partial charge >= 0.3 is 8.80 Å². The van der Waals surface area contributed by atoms with Crippen LogP contribution in [0.25, 0.3) is 0 Å². The Morgan fingerprint density at radius 3 is 2.09 bits per heavy atom. The van der Waals surface area contributed by atoms with Gasteiger partial charge in [0.15, 0.2) is 0 Å². The SMILES string of the molecule is C=C(CC)O[Si](C)(OC)OC. The second-order valence-electron chi connectivity index (χ2n) is 2.26. The molecule has 3 nitrogen and oxygen atoms in total. The Morgan fingerprint density at radius 2 is 1.82 bits per heavy atom. The van der Waals surface area contributed by atoms with E-state index in [0.717, 1.165) is 6.42 Å². The van der Waals surface area contributed by atoms with Gasteiger partial charge < -0.3 is 13.3 Å².